The van der Waals surface area contributed by atoms with Crippen molar-refractivity contribution in [3.63, 3.8) is 0 Å². The zero-order chi connectivity index (χ0) is 19.9. The summed E-state index contributed by atoms with van der Waals surface area (Å²) in [6, 6.07) is 15.1. The molecule has 0 saturated carbocycles. The Balaban J connectivity index is 1.63. The summed E-state index contributed by atoms with van der Waals surface area (Å²) in [5, 5.41) is 13.3. The van der Waals surface area contributed by atoms with Gasteiger partial charge in [-0.15, -0.1) is 0 Å². The summed E-state index contributed by atoms with van der Waals surface area (Å²) < 4.78 is 5.29. The third kappa shape index (κ3) is 5.09. The third-order valence-electron chi connectivity index (χ3n) is 4.57. The summed E-state index contributed by atoms with van der Waals surface area (Å²) in [5.74, 6) is 2.43. The van der Waals surface area contributed by atoms with Crippen LogP contribution in [0.15, 0.2) is 52.0 Å². The van der Waals surface area contributed by atoms with Gasteiger partial charge in [-0.2, -0.15) is 4.98 Å². The van der Waals surface area contributed by atoms with Crippen LogP contribution in [0.1, 0.15) is 56.9 Å². The van der Waals surface area contributed by atoms with Gasteiger partial charge in [0.1, 0.15) is 0 Å². The van der Waals surface area contributed by atoms with Crippen molar-refractivity contribution in [1.82, 2.24) is 20.8 Å². The van der Waals surface area contributed by atoms with Crippen LogP contribution < -0.4 is 10.6 Å². The van der Waals surface area contributed by atoms with E-state index in [1.807, 2.05) is 13.8 Å². The number of benzene rings is 2. The topological polar surface area (TPSA) is 75.3 Å². The molecule has 0 radical (unpaired) electrons. The number of aliphatic imine (C=N–C) groups is 1. The Morgan fingerprint density at radius 1 is 1.11 bits per heavy atom. The Labute approximate surface area is 166 Å². The third-order valence-corrected chi connectivity index (χ3v) is 4.57. The minimum Gasteiger partial charge on any atom is -0.357 e. The molecule has 2 aromatic carbocycles. The van der Waals surface area contributed by atoms with Gasteiger partial charge in [-0.05, 0) is 36.2 Å². The zero-order valence-corrected chi connectivity index (χ0v) is 17.1. The van der Waals surface area contributed by atoms with Crippen molar-refractivity contribution in [2.24, 2.45) is 4.99 Å². The molecule has 0 fully saturated rings. The van der Waals surface area contributed by atoms with Gasteiger partial charge < -0.3 is 15.2 Å². The molecule has 1 aromatic heterocycles. The average molecular weight is 380 g/mol. The van der Waals surface area contributed by atoms with Crippen LogP contribution in [0.3, 0.4) is 0 Å². The molecule has 28 heavy (non-hydrogen) atoms. The van der Waals surface area contributed by atoms with Crippen molar-refractivity contribution in [2.45, 2.75) is 46.1 Å². The maximum absolute atomic E-state index is 5.29. The monoisotopic (exact) mass is 379 g/mol. The van der Waals surface area contributed by atoms with E-state index in [0.29, 0.717) is 18.9 Å². The number of nitrogens with zero attached hydrogens (tertiary/aromatic N) is 3. The first-order chi connectivity index (χ1) is 13.6. The summed E-state index contributed by atoms with van der Waals surface area (Å²) in [6.45, 7) is 9.69. The highest BCUT2D eigenvalue weighted by molar-refractivity contribution is 5.84. The van der Waals surface area contributed by atoms with Crippen molar-refractivity contribution in [2.75, 3.05) is 13.1 Å². The molecule has 6 heteroatoms. The second kappa shape index (κ2) is 9.35. The molecule has 1 heterocycles. The zero-order valence-electron chi connectivity index (χ0n) is 17.1. The van der Waals surface area contributed by atoms with E-state index in [4.69, 9.17) is 4.52 Å². The van der Waals surface area contributed by atoms with Gasteiger partial charge in [0.25, 0.3) is 0 Å². The molecule has 0 aliphatic heterocycles. The SMILES string of the molecule is CCNC(=NCCc1nc(C(C)C)no1)NC(C)c1ccc2ccccc2c1. The molecule has 2 N–H and O–H groups in total. The Morgan fingerprint density at radius 2 is 1.89 bits per heavy atom. The van der Waals surface area contributed by atoms with Crippen molar-refractivity contribution in [1.29, 1.82) is 0 Å². The van der Waals surface area contributed by atoms with Gasteiger partial charge in [-0.3, -0.25) is 4.99 Å². The Hall–Kier alpha value is -2.89. The largest absolute Gasteiger partial charge is 0.357 e. The molecular weight excluding hydrogens is 350 g/mol. The van der Waals surface area contributed by atoms with E-state index in [2.05, 4.69) is 82.1 Å². The van der Waals surface area contributed by atoms with Gasteiger partial charge in [-0.1, -0.05) is 55.4 Å². The Kier molecular flexibility index (Phi) is 6.63. The molecule has 0 aliphatic carbocycles. The molecule has 0 saturated heterocycles. The lowest BCUT2D eigenvalue weighted by Gasteiger charge is -2.18. The molecule has 1 unspecified atom stereocenters. The molecule has 3 aromatic rings. The number of hydrogen-bond donors (Lipinski definition) is 2. The van der Waals surface area contributed by atoms with E-state index >= 15 is 0 Å². The van der Waals surface area contributed by atoms with Gasteiger partial charge >= 0.3 is 0 Å². The predicted molar refractivity (Wildman–Crippen MR) is 114 cm³/mol. The smallest absolute Gasteiger partial charge is 0.228 e. The van der Waals surface area contributed by atoms with Gasteiger partial charge in [0.05, 0.1) is 12.6 Å². The Bertz CT molecular complexity index is 931. The van der Waals surface area contributed by atoms with E-state index in [1.54, 1.807) is 0 Å². The first kappa shape index (κ1) is 19.9. The van der Waals surface area contributed by atoms with Crippen LogP contribution in [0, 0.1) is 0 Å². The van der Waals surface area contributed by atoms with E-state index < -0.39 is 0 Å². The van der Waals surface area contributed by atoms with Crippen molar-refractivity contribution < 1.29 is 4.52 Å². The highest BCUT2D eigenvalue weighted by atomic mass is 16.5. The van der Waals surface area contributed by atoms with Crippen LogP contribution >= 0.6 is 0 Å². The number of hydrogen-bond acceptors (Lipinski definition) is 4. The van der Waals surface area contributed by atoms with Gasteiger partial charge in [0, 0.05) is 18.9 Å². The van der Waals surface area contributed by atoms with E-state index in [1.165, 1.54) is 16.3 Å². The minimum absolute atomic E-state index is 0.137. The highest BCUT2D eigenvalue weighted by Crippen LogP contribution is 2.20. The quantitative estimate of drug-likeness (QED) is 0.475. The summed E-state index contributed by atoms with van der Waals surface area (Å²) in [6.07, 6.45) is 0.626. The second-order valence-electron chi connectivity index (χ2n) is 7.18. The lowest BCUT2D eigenvalue weighted by atomic mass is 10.0. The van der Waals surface area contributed by atoms with Crippen LogP contribution in [0.4, 0.5) is 0 Å². The summed E-state index contributed by atoms with van der Waals surface area (Å²) in [4.78, 5) is 9.06. The van der Waals surface area contributed by atoms with Crippen LogP contribution in [0.2, 0.25) is 0 Å². The van der Waals surface area contributed by atoms with E-state index in [9.17, 15) is 0 Å². The van der Waals surface area contributed by atoms with Gasteiger partial charge in [0.15, 0.2) is 11.8 Å². The van der Waals surface area contributed by atoms with Crippen LogP contribution in [-0.4, -0.2) is 29.2 Å². The average Bonchev–Trinajstić information content (AvgIpc) is 3.17. The van der Waals surface area contributed by atoms with Crippen LogP contribution in [0.5, 0.6) is 0 Å². The first-order valence-electron chi connectivity index (χ1n) is 9.93. The molecule has 0 aliphatic rings. The fraction of sp³-hybridized carbons (Fsp3) is 0.409. The van der Waals surface area contributed by atoms with Crippen LogP contribution in [0.25, 0.3) is 10.8 Å². The van der Waals surface area contributed by atoms with Crippen molar-refractivity contribution in [3.8, 4) is 0 Å². The van der Waals surface area contributed by atoms with Gasteiger partial charge in [-0.25, -0.2) is 0 Å². The molecular formula is C22H29N5O. The maximum Gasteiger partial charge on any atom is 0.228 e. The summed E-state index contributed by atoms with van der Waals surface area (Å²) in [5.41, 5.74) is 1.22. The minimum atomic E-state index is 0.137. The van der Waals surface area contributed by atoms with Crippen LogP contribution in [-0.2, 0) is 6.42 Å². The fourth-order valence-corrected chi connectivity index (χ4v) is 2.95. The molecule has 148 valence electrons. The number of guanidine groups is 1. The standard InChI is InChI=1S/C22H29N5O/c1-5-23-22(24-13-12-20-26-21(15(2)3)27-28-20)25-16(4)18-11-10-17-8-6-7-9-19(17)14-18/h6-11,14-16H,5,12-13H2,1-4H3,(H2,23,24,25). The summed E-state index contributed by atoms with van der Waals surface area (Å²) >= 11 is 0. The highest BCUT2D eigenvalue weighted by Gasteiger charge is 2.11. The second-order valence-corrected chi connectivity index (χ2v) is 7.18. The normalized spacial score (nSPS) is 13.1. The molecule has 3 rings (SSSR count). The number of aromatic nitrogens is 2. The number of fused-ring (bicyclic) bond motifs is 1. The molecule has 6 nitrogen and oxygen atoms in total. The Morgan fingerprint density at radius 3 is 2.61 bits per heavy atom. The molecule has 0 bridgehead atoms. The summed E-state index contributed by atoms with van der Waals surface area (Å²) in [7, 11) is 0. The predicted octanol–water partition coefficient (Wildman–Crippen LogP) is 4.21. The number of rotatable bonds is 7. The molecule has 0 amide bonds. The lowest BCUT2D eigenvalue weighted by Crippen LogP contribution is -2.38. The maximum atomic E-state index is 5.29. The van der Waals surface area contributed by atoms with E-state index in [-0.39, 0.29) is 12.0 Å². The number of nitrogens with one attached hydrogen (secondary N) is 2. The van der Waals surface area contributed by atoms with Crippen molar-refractivity contribution in [3.05, 3.63) is 59.7 Å². The van der Waals surface area contributed by atoms with Crippen molar-refractivity contribution >= 4 is 16.7 Å². The molecule has 0 spiro atoms. The fourth-order valence-electron chi connectivity index (χ4n) is 2.95. The molecule has 1 atom stereocenters. The lowest BCUT2D eigenvalue weighted by molar-refractivity contribution is 0.372. The van der Waals surface area contributed by atoms with Gasteiger partial charge in [0.2, 0.25) is 5.89 Å². The van der Waals surface area contributed by atoms with E-state index in [0.717, 1.165) is 18.3 Å². The first-order valence-corrected chi connectivity index (χ1v) is 9.93.